The van der Waals surface area contributed by atoms with Gasteiger partial charge in [0.05, 0.1) is 9.85 Å². The van der Waals surface area contributed by atoms with E-state index in [9.17, 15) is 20.2 Å². The van der Waals surface area contributed by atoms with Gasteiger partial charge in [-0.3, -0.25) is 20.2 Å². The minimum Gasteiger partial charge on any atom is -0.457 e. The lowest BCUT2D eigenvalue weighted by atomic mass is 9.73. The molecule has 0 bridgehead atoms. The fourth-order valence-corrected chi connectivity index (χ4v) is 5.49. The summed E-state index contributed by atoms with van der Waals surface area (Å²) in [6.45, 7) is 12.4. The zero-order valence-corrected chi connectivity index (χ0v) is 26.7. The number of nitrogens with zero attached hydrogens (tertiary/aromatic N) is 2. The molecule has 0 saturated heterocycles. The molecule has 0 aliphatic heterocycles. The van der Waals surface area contributed by atoms with Crippen LogP contribution in [0.4, 0.5) is 11.4 Å². The zero-order chi connectivity index (χ0) is 33.2. The van der Waals surface area contributed by atoms with Crippen LogP contribution in [0.25, 0.3) is 0 Å². The average molecular weight is 617 g/mol. The lowest BCUT2D eigenvalue weighted by Gasteiger charge is -2.31. The monoisotopic (exact) mass is 616 g/mol. The van der Waals surface area contributed by atoms with Crippen LogP contribution in [0.1, 0.15) is 61.1 Å². The van der Waals surface area contributed by atoms with Gasteiger partial charge < -0.3 is 9.47 Å². The largest absolute Gasteiger partial charge is 0.457 e. The molecular weight excluding hydrogens is 580 g/mol. The summed E-state index contributed by atoms with van der Waals surface area (Å²) < 4.78 is 12.1. The summed E-state index contributed by atoms with van der Waals surface area (Å²) in [6.07, 6.45) is 0. The Morgan fingerprint density at radius 1 is 0.500 bits per heavy atom. The number of rotatable bonds is 10. The highest BCUT2D eigenvalue weighted by Crippen LogP contribution is 2.39. The van der Waals surface area contributed by atoms with E-state index < -0.39 is 9.85 Å². The summed E-state index contributed by atoms with van der Waals surface area (Å²) in [6, 6.07) is 33.7. The summed E-state index contributed by atoms with van der Waals surface area (Å²) in [4.78, 5) is 21.3. The average Bonchev–Trinajstić information content (AvgIpc) is 3.03. The summed E-state index contributed by atoms with van der Waals surface area (Å²) in [5, 5.41) is 22.1. The number of hydrogen-bond acceptors (Lipinski definition) is 6. The molecule has 0 aromatic heterocycles. The topological polar surface area (TPSA) is 105 Å². The van der Waals surface area contributed by atoms with E-state index in [0.717, 1.165) is 11.1 Å². The SMILES string of the molecule is Cc1cc([N+](=O)[O-])ccc1Oc1ccc(C(C)(C)c2cccc(C(C)(C)c3ccc(Oc4ccc([N+](=O)[O-])cc4C)cc3)c2)cc1. The summed E-state index contributed by atoms with van der Waals surface area (Å²) in [5.74, 6) is 2.47. The Morgan fingerprint density at radius 2 is 0.870 bits per heavy atom. The third-order valence-electron chi connectivity index (χ3n) is 8.65. The molecule has 46 heavy (non-hydrogen) atoms. The molecule has 234 valence electrons. The van der Waals surface area contributed by atoms with Gasteiger partial charge in [0.1, 0.15) is 23.0 Å². The van der Waals surface area contributed by atoms with Crippen LogP contribution in [0, 0.1) is 34.1 Å². The molecule has 0 fully saturated rings. The maximum atomic E-state index is 11.1. The lowest BCUT2D eigenvalue weighted by Crippen LogP contribution is -2.22. The number of benzene rings is 5. The van der Waals surface area contributed by atoms with Gasteiger partial charge in [-0.1, -0.05) is 76.2 Å². The van der Waals surface area contributed by atoms with Crippen molar-refractivity contribution in [2.24, 2.45) is 0 Å². The van der Waals surface area contributed by atoms with E-state index in [1.807, 2.05) is 24.3 Å². The van der Waals surface area contributed by atoms with E-state index in [-0.39, 0.29) is 22.2 Å². The lowest BCUT2D eigenvalue weighted by molar-refractivity contribution is -0.385. The number of aryl methyl sites for hydroxylation is 2. The zero-order valence-electron chi connectivity index (χ0n) is 26.7. The van der Waals surface area contributed by atoms with E-state index in [1.54, 1.807) is 26.0 Å². The van der Waals surface area contributed by atoms with Gasteiger partial charge in [0.2, 0.25) is 0 Å². The first-order valence-corrected chi connectivity index (χ1v) is 14.9. The highest BCUT2D eigenvalue weighted by molar-refractivity contribution is 5.49. The first-order valence-electron chi connectivity index (χ1n) is 14.9. The molecule has 0 N–H and O–H groups in total. The molecule has 0 spiro atoms. The maximum Gasteiger partial charge on any atom is 0.269 e. The third kappa shape index (κ3) is 6.61. The van der Waals surface area contributed by atoms with Gasteiger partial charge >= 0.3 is 0 Å². The molecule has 0 amide bonds. The van der Waals surface area contributed by atoms with E-state index >= 15 is 0 Å². The van der Waals surface area contributed by atoms with Crippen molar-refractivity contribution < 1.29 is 19.3 Å². The molecule has 5 rings (SSSR count). The van der Waals surface area contributed by atoms with Gasteiger partial charge in [-0.2, -0.15) is 0 Å². The minimum absolute atomic E-state index is 0.0353. The number of ether oxygens (including phenoxy) is 2. The van der Waals surface area contributed by atoms with E-state index in [4.69, 9.17) is 9.47 Å². The molecule has 0 heterocycles. The van der Waals surface area contributed by atoms with Crippen LogP contribution in [0.2, 0.25) is 0 Å². The van der Waals surface area contributed by atoms with Crippen molar-refractivity contribution in [1.29, 1.82) is 0 Å². The maximum absolute atomic E-state index is 11.1. The fraction of sp³-hybridized carbons (Fsp3) is 0.211. The van der Waals surface area contributed by atoms with Gasteiger partial charge in [-0.25, -0.2) is 0 Å². The fourth-order valence-electron chi connectivity index (χ4n) is 5.49. The van der Waals surface area contributed by atoms with Crippen LogP contribution < -0.4 is 9.47 Å². The number of hydrogen-bond donors (Lipinski definition) is 0. The van der Waals surface area contributed by atoms with Crippen molar-refractivity contribution in [3.05, 3.63) is 163 Å². The van der Waals surface area contributed by atoms with Gasteiger partial charge in [0, 0.05) is 35.1 Å². The molecule has 0 aliphatic rings. The van der Waals surface area contributed by atoms with Crippen molar-refractivity contribution in [2.45, 2.75) is 52.4 Å². The summed E-state index contributed by atoms with van der Waals surface area (Å²) in [5.41, 5.74) is 5.46. The Kier molecular flexibility index (Phi) is 8.66. The Bertz CT molecular complexity index is 1780. The van der Waals surface area contributed by atoms with Crippen LogP contribution in [-0.2, 0) is 10.8 Å². The van der Waals surface area contributed by atoms with Crippen molar-refractivity contribution >= 4 is 11.4 Å². The summed E-state index contributed by atoms with van der Waals surface area (Å²) >= 11 is 0. The first kappa shape index (κ1) is 31.9. The summed E-state index contributed by atoms with van der Waals surface area (Å²) in [7, 11) is 0. The van der Waals surface area contributed by atoms with Crippen LogP contribution in [0.3, 0.4) is 0 Å². The van der Waals surface area contributed by atoms with Crippen LogP contribution in [-0.4, -0.2) is 9.85 Å². The van der Waals surface area contributed by atoms with Crippen LogP contribution >= 0.6 is 0 Å². The van der Waals surface area contributed by atoms with Crippen LogP contribution in [0.5, 0.6) is 23.0 Å². The van der Waals surface area contributed by atoms with Crippen LogP contribution in [0.15, 0.2) is 109 Å². The molecular formula is C38H36N2O6. The van der Waals surface area contributed by atoms with E-state index in [1.165, 1.54) is 35.4 Å². The van der Waals surface area contributed by atoms with Crippen molar-refractivity contribution in [3.63, 3.8) is 0 Å². The second kappa shape index (κ2) is 12.5. The van der Waals surface area contributed by atoms with Gasteiger partial charge in [-0.05, 0) is 83.6 Å². The van der Waals surface area contributed by atoms with E-state index in [2.05, 4.69) is 76.2 Å². The van der Waals surface area contributed by atoms with Gasteiger partial charge in [0.15, 0.2) is 0 Å². The highest BCUT2D eigenvalue weighted by atomic mass is 16.6. The second-order valence-corrected chi connectivity index (χ2v) is 12.5. The third-order valence-corrected chi connectivity index (χ3v) is 8.65. The number of non-ortho nitro benzene ring substituents is 2. The predicted octanol–water partition coefficient (Wildman–Crippen LogP) is 10.4. The van der Waals surface area contributed by atoms with Crippen molar-refractivity contribution in [2.75, 3.05) is 0 Å². The molecule has 0 saturated carbocycles. The molecule has 0 aliphatic carbocycles. The second-order valence-electron chi connectivity index (χ2n) is 12.5. The van der Waals surface area contributed by atoms with Crippen molar-refractivity contribution in [3.8, 4) is 23.0 Å². The highest BCUT2D eigenvalue weighted by Gasteiger charge is 2.28. The Morgan fingerprint density at radius 3 is 1.20 bits per heavy atom. The normalized spacial score (nSPS) is 11.6. The van der Waals surface area contributed by atoms with Gasteiger partial charge in [0.25, 0.3) is 11.4 Å². The molecule has 5 aromatic carbocycles. The predicted molar refractivity (Wildman–Crippen MR) is 179 cm³/mol. The smallest absolute Gasteiger partial charge is 0.269 e. The Hall–Kier alpha value is -5.50. The standard InChI is InChI=1S/C38H36N2O6/c1-25-22-31(39(41)42)14-20-35(25)45-33-16-10-27(11-17-33)37(3,4)29-8-7-9-30(24-29)38(5,6)28-12-18-34(19-13-28)46-36-21-15-32(40(43)44)23-26(36)2/h7-24H,1-6H3. The quantitative estimate of drug-likeness (QED) is 0.114. The van der Waals surface area contributed by atoms with Crippen molar-refractivity contribution in [1.82, 2.24) is 0 Å². The molecule has 0 atom stereocenters. The molecule has 5 aromatic rings. The first-order chi connectivity index (χ1) is 21.8. The molecule has 8 heteroatoms. The minimum atomic E-state index is -0.415. The molecule has 8 nitrogen and oxygen atoms in total. The van der Waals surface area contributed by atoms with E-state index in [0.29, 0.717) is 34.1 Å². The number of nitro groups is 2. The molecule has 0 radical (unpaired) electrons. The molecule has 0 unspecified atom stereocenters. The Balaban J connectivity index is 1.32. The Labute approximate surface area is 268 Å². The number of nitro benzene ring substituents is 2. The van der Waals surface area contributed by atoms with Gasteiger partial charge in [-0.15, -0.1) is 0 Å².